The number of carbonyl (C=O) groups is 1. The SMILES string of the molecule is O=C1OC(c2ccccc2F)=N/C1=C/c1cccc(Oc2ccc([N+](=O)[O-])cc2[N+](=O)[O-])c1. The van der Waals surface area contributed by atoms with Crippen molar-refractivity contribution >= 4 is 29.3 Å². The summed E-state index contributed by atoms with van der Waals surface area (Å²) in [5, 5.41) is 22.2. The van der Waals surface area contributed by atoms with E-state index in [1.807, 2.05) is 0 Å². The van der Waals surface area contributed by atoms with Crippen LogP contribution in [0, 0.1) is 26.0 Å². The van der Waals surface area contributed by atoms with Crippen molar-refractivity contribution in [1.82, 2.24) is 0 Å². The zero-order valence-corrected chi connectivity index (χ0v) is 16.5. The van der Waals surface area contributed by atoms with E-state index in [4.69, 9.17) is 9.47 Å². The standard InChI is InChI=1S/C22H12FN3O7/c23-17-7-2-1-6-16(17)21-24-18(22(27)33-21)11-13-4-3-5-15(10-13)32-20-9-8-14(25(28)29)12-19(20)26(30)31/h1-12H/b18-11+. The van der Waals surface area contributed by atoms with Gasteiger partial charge in [-0.1, -0.05) is 24.3 Å². The number of rotatable bonds is 6. The van der Waals surface area contributed by atoms with E-state index in [-0.39, 0.29) is 28.7 Å². The summed E-state index contributed by atoms with van der Waals surface area (Å²) < 4.78 is 24.5. The molecular formula is C22H12FN3O7. The molecular weight excluding hydrogens is 437 g/mol. The molecule has 164 valence electrons. The highest BCUT2D eigenvalue weighted by Gasteiger charge is 2.26. The van der Waals surface area contributed by atoms with Gasteiger partial charge in [-0.25, -0.2) is 14.2 Å². The number of hydrogen-bond acceptors (Lipinski definition) is 8. The second-order valence-electron chi connectivity index (χ2n) is 6.66. The van der Waals surface area contributed by atoms with Crippen molar-refractivity contribution in [2.45, 2.75) is 0 Å². The van der Waals surface area contributed by atoms with Gasteiger partial charge in [0.05, 0.1) is 21.5 Å². The third kappa shape index (κ3) is 4.56. The quantitative estimate of drug-likeness (QED) is 0.229. The van der Waals surface area contributed by atoms with Crippen LogP contribution in [0.3, 0.4) is 0 Å². The first kappa shape index (κ1) is 21.3. The van der Waals surface area contributed by atoms with E-state index in [2.05, 4.69) is 4.99 Å². The molecule has 10 nitrogen and oxygen atoms in total. The Labute approximate surface area is 184 Å². The maximum atomic E-state index is 13.9. The minimum Gasteiger partial charge on any atom is -0.450 e. The molecule has 0 spiro atoms. The summed E-state index contributed by atoms with van der Waals surface area (Å²) in [6.45, 7) is 0. The molecule has 0 atom stereocenters. The number of hydrogen-bond donors (Lipinski definition) is 0. The lowest BCUT2D eigenvalue weighted by molar-refractivity contribution is -0.394. The van der Waals surface area contributed by atoms with E-state index >= 15 is 0 Å². The van der Waals surface area contributed by atoms with E-state index in [1.54, 1.807) is 18.2 Å². The van der Waals surface area contributed by atoms with Crippen LogP contribution in [0.15, 0.2) is 77.4 Å². The maximum absolute atomic E-state index is 13.9. The Morgan fingerprint density at radius 3 is 2.48 bits per heavy atom. The molecule has 3 aromatic rings. The zero-order valence-electron chi connectivity index (χ0n) is 16.5. The molecule has 0 amide bonds. The van der Waals surface area contributed by atoms with Crippen molar-refractivity contribution in [3.8, 4) is 11.5 Å². The van der Waals surface area contributed by atoms with E-state index in [0.29, 0.717) is 5.56 Å². The number of nitrogens with zero attached hydrogens (tertiary/aromatic N) is 3. The van der Waals surface area contributed by atoms with Gasteiger partial charge < -0.3 is 9.47 Å². The van der Waals surface area contributed by atoms with Gasteiger partial charge in [0, 0.05) is 6.07 Å². The van der Waals surface area contributed by atoms with Crippen molar-refractivity contribution in [3.63, 3.8) is 0 Å². The molecule has 0 bridgehead atoms. The average Bonchev–Trinajstić information content (AvgIpc) is 3.14. The third-order valence-corrected chi connectivity index (χ3v) is 4.46. The predicted octanol–water partition coefficient (Wildman–Crippen LogP) is 4.78. The lowest BCUT2D eigenvalue weighted by atomic mass is 10.2. The summed E-state index contributed by atoms with van der Waals surface area (Å²) in [5.41, 5.74) is -0.617. The Morgan fingerprint density at radius 1 is 0.970 bits per heavy atom. The largest absolute Gasteiger partial charge is 0.450 e. The first-order valence-electron chi connectivity index (χ1n) is 9.30. The van der Waals surface area contributed by atoms with Gasteiger partial charge in [0.25, 0.3) is 5.69 Å². The molecule has 0 saturated carbocycles. The number of esters is 1. The van der Waals surface area contributed by atoms with Gasteiger partial charge in [-0.3, -0.25) is 20.2 Å². The highest BCUT2D eigenvalue weighted by Crippen LogP contribution is 2.34. The first-order chi connectivity index (χ1) is 15.8. The van der Waals surface area contributed by atoms with Crippen LogP contribution in [-0.4, -0.2) is 21.7 Å². The number of benzene rings is 3. The van der Waals surface area contributed by atoms with Crippen LogP contribution in [0.4, 0.5) is 15.8 Å². The minimum atomic E-state index is -0.790. The first-order valence-corrected chi connectivity index (χ1v) is 9.30. The fourth-order valence-electron chi connectivity index (χ4n) is 2.96. The van der Waals surface area contributed by atoms with Crippen LogP contribution in [-0.2, 0) is 9.53 Å². The third-order valence-electron chi connectivity index (χ3n) is 4.46. The Balaban J connectivity index is 1.62. The second kappa shape index (κ2) is 8.67. The number of halogens is 1. The van der Waals surface area contributed by atoms with Crippen molar-refractivity contribution in [1.29, 1.82) is 0 Å². The topological polar surface area (TPSA) is 134 Å². The summed E-state index contributed by atoms with van der Waals surface area (Å²) in [4.78, 5) is 36.8. The van der Waals surface area contributed by atoms with E-state index in [1.165, 1.54) is 36.4 Å². The van der Waals surface area contributed by atoms with Crippen LogP contribution in [0.2, 0.25) is 0 Å². The lowest BCUT2D eigenvalue weighted by Crippen LogP contribution is -2.07. The van der Waals surface area contributed by atoms with Crippen LogP contribution in [0.1, 0.15) is 11.1 Å². The van der Waals surface area contributed by atoms with Crippen LogP contribution >= 0.6 is 0 Å². The normalized spacial score (nSPS) is 14.0. The molecule has 1 aliphatic heterocycles. The van der Waals surface area contributed by atoms with Gasteiger partial charge in [-0.2, -0.15) is 0 Å². The summed E-state index contributed by atoms with van der Waals surface area (Å²) >= 11 is 0. The number of aliphatic imine (C=N–C) groups is 1. The highest BCUT2D eigenvalue weighted by molar-refractivity contribution is 6.12. The Bertz CT molecular complexity index is 1370. The van der Waals surface area contributed by atoms with Gasteiger partial charge in [0.2, 0.25) is 11.6 Å². The van der Waals surface area contributed by atoms with Crippen LogP contribution in [0.5, 0.6) is 11.5 Å². The maximum Gasteiger partial charge on any atom is 0.363 e. The van der Waals surface area contributed by atoms with Gasteiger partial charge in [0.1, 0.15) is 11.6 Å². The van der Waals surface area contributed by atoms with E-state index in [9.17, 15) is 29.4 Å². The fourth-order valence-corrected chi connectivity index (χ4v) is 2.96. The van der Waals surface area contributed by atoms with Gasteiger partial charge in [-0.15, -0.1) is 0 Å². The highest BCUT2D eigenvalue weighted by atomic mass is 19.1. The van der Waals surface area contributed by atoms with Crippen molar-refractivity contribution < 1.29 is 28.5 Å². The van der Waals surface area contributed by atoms with Gasteiger partial charge in [0.15, 0.2) is 5.70 Å². The van der Waals surface area contributed by atoms with E-state index in [0.717, 1.165) is 18.2 Å². The summed E-state index contributed by atoms with van der Waals surface area (Å²) in [6.07, 6.45) is 1.38. The Morgan fingerprint density at radius 2 is 1.76 bits per heavy atom. The van der Waals surface area contributed by atoms with Gasteiger partial charge in [-0.05, 0) is 42.0 Å². The van der Waals surface area contributed by atoms with E-state index < -0.39 is 33.0 Å². The molecule has 0 fully saturated rings. The number of carbonyl (C=O) groups excluding carboxylic acids is 1. The van der Waals surface area contributed by atoms with Crippen LogP contribution < -0.4 is 4.74 Å². The number of cyclic esters (lactones) is 1. The summed E-state index contributed by atoms with van der Waals surface area (Å²) in [5.74, 6) is -1.56. The number of nitro benzene ring substituents is 2. The molecule has 1 aliphatic rings. The van der Waals surface area contributed by atoms with Crippen molar-refractivity contribution in [3.05, 3.63) is 110 Å². The molecule has 33 heavy (non-hydrogen) atoms. The summed E-state index contributed by atoms with van der Waals surface area (Å²) in [6, 6.07) is 14.9. The van der Waals surface area contributed by atoms with Gasteiger partial charge >= 0.3 is 11.7 Å². The monoisotopic (exact) mass is 449 g/mol. The van der Waals surface area contributed by atoms with Crippen LogP contribution in [0.25, 0.3) is 6.08 Å². The second-order valence-corrected chi connectivity index (χ2v) is 6.66. The Kier molecular flexibility index (Phi) is 5.60. The molecule has 0 aliphatic carbocycles. The van der Waals surface area contributed by atoms with Crippen molar-refractivity contribution in [2.24, 2.45) is 4.99 Å². The smallest absolute Gasteiger partial charge is 0.363 e. The number of non-ortho nitro benzene ring substituents is 1. The predicted molar refractivity (Wildman–Crippen MR) is 113 cm³/mol. The minimum absolute atomic E-state index is 0.0387. The Hall–Kier alpha value is -4.93. The molecule has 0 saturated heterocycles. The molecule has 0 radical (unpaired) electrons. The zero-order chi connectivity index (χ0) is 23.5. The molecule has 0 unspecified atom stereocenters. The number of ether oxygens (including phenoxy) is 2. The molecule has 0 aromatic heterocycles. The molecule has 4 rings (SSSR count). The molecule has 0 N–H and O–H groups in total. The molecule has 1 heterocycles. The fraction of sp³-hybridized carbons (Fsp3) is 0. The number of nitro groups is 2. The average molecular weight is 449 g/mol. The van der Waals surface area contributed by atoms with Crippen molar-refractivity contribution in [2.75, 3.05) is 0 Å². The summed E-state index contributed by atoms with van der Waals surface area (Å²) in [7, 11) is 0. The lowest BCUT2D eigenvalue weighted by Gasteiger charge is -2.07. The molecule has 3 aromatic carbocycles. The molecule has 11 heteroatoms.